The standard InChI is InChI=1S/C13H17BrO/c1-3-5-13(15)12(4-2)10-6-8-11(14)9-7-10/h6-9,12H,3-5H2,1-2H3. The van der Waals surface area contributed by atoms with Crippen molar-refractivity contribution in [3.05, 3.63) is 34.3 Å². The third-order valence-corrected chi connectivity index (χ3v) is 3.09. The Balaban J connectivity index is 2.82. The molecular weight excluding hydrogens is 252 g/mol. The Kier molecular flexibility index (Phi) is 5.03. The summed E-state index contributed by atoms with van der Waals surface area (Å²) in [6, 6.07) is 8.06. The van der Waals surface area contributed by atoms with Gasteiger partial charge in [0.2, 0.25) is 0 Å². The van der Waals surface area contributed by atoms with Crippen LogP contribution in [-0.2, 0) is 4.79 Å². The first kappa shape index (κ1) is 12.4. The molecule has 0 bridgehead atoms. The topological polar surface area (TPSA) is 17.1 Å². The summed E-state index contributed by atoms with van der Waals surface area (Å²) in [7, 11) is 0. The van der Waals surface area contributed by atoms with Crippen molar-refractivity contribution in [2.75, 3.05) is 0 Å². The molecule has 0 aliphatic heterocycles. The Morgan fingerprint density at radius 1 is 1.27 bits per heavy atom. The number of carbonyl (C=O) groups excluding carboxylic acids is 1. The minimum absolute atomic E-state index is 0.0815. The van der Waals surface area contributed by atoms with Crippen LogP contribution in [0.5, 0.6) is 0 Å². The van der Waals surface area contributed by atoms with E-state index in [1.165, 1.54) is 0 Å². The molecule has 0 aliphatic carbocycles. The molecule has 1 rings (SSSR count). The number of ketones is 1. The smallest absolute Gasteiger partial charge is 0.140 e. The van der Waals surface area contributed by atoms with Crippen molar-refractivity contribution < 1.29 is 4.79 Å². The third-order valence-electron chi connectivity index (χ3n) is 2.57. The molecule has 0 aliphatic rings. The lowest BCUT2D eigenvalue weighted by Gasteiger charge is -2.13. The number of halogens is 1. The van der Waals surface area contributed by atoms with Crippen LogP contribution >= 0.6 is 15.9 Å². The molecule has 0 fully saturated rings. The first-order chi connectivity index (χ1) is 7.19. The first-order valence-electron chi connectivity index (χ1n) is 5.47. The van der Waals surface area contributed by atoms with Gasteiger partial charge in [0.25, 0.3) is 0 Å². The molecule has 0 saturated heterocycles. The molecule has 1 aromatic rings. The summed E-state index contributed by atoms with van der Waals surface area (Å²) < 4.78 is 1.06. The van der Waals surface area contributed by atoms with Crippen LogP contribution in [0.2, 0.25) is 0 Å². The van der Waals surface area contributed by atoms with Crippen molar-refractivity contribution in [1.29, 1.82) is 0 Å². The fraction of sp³-hybridized carbons (Fsp3) is 0.462. The highest BCUT2D eigenvalue weighted by molar-refractivity contribution is 9.10. The molecule has 1 atom stereocenters. The van der Waals surface area contributed by atoms with Crippen LogP contribution in [0.25, 0.3) is 0 Å². The number of hydrogen-bond acceptors (Lipinski definition) is 1. The number of carbonyl (C=O) groups is 1. The monoisotopic (exact) mass is 268 g/mol. The molecule has 0 N–H and O–H groups in total. The second-order valence-electron chi connectivity index (χ2n) is 3.73. The van der Waals surface area contributed by atoms with E-state index >= 15 is 0 Å². The van der Waals surface area contributed by atoms with Crippen LogP contribution in [0.3, 0.4) is 0 Å². The summed E-state index contributed by atoms with van der Waals surface area (Å²) >= 11 is 3.40. The van der Waals surface area contributed by atoms with Gasteiger partial charge in [0.1, 0.15) is 5.78 Å². The molecule has 15 heavy (non-hydrogen) atoms. The maximum Gasteiger partial charge on any atom is 0.140 e. The molecule has 0 aromatic heterocycles. The van der Waals surface area contributed by atoms with Crippen LogP contribution in [0.1, 0.15) is 44.6 Å². The molecule has 0 saturated carbocycles. The van der Waals surface area contributed by atoms with Crippen molar-refractivity contribution >= 4 is 21.7 Å². The van der Waals surface area contributed by atoms with E-state index in [1.54, 1.807) is 0 Å². The van der Waals surface area contributed by atoms with Gasteiger partial charge in [-0.25, -0.2) is 0 Å². The SMILES string of the molecule is CCCC(=O)C(CC)c1ccc(Br)cc1. The van der Waals surface area contributed by atoms with Crippen molar-refractivity contribution in [2.24, 2.45) is 0 Å². The van der Waals surface area contributed by atoms with Crippen molar-refractivity contribution in [3.8, 4) is 0 Å². The van der Waals surface area contributed by atoms with Gasteiger partial charge in [0, 0.05) is 16.8 Å². The van der Waals surface area contributed by atoms with E-state index in [0.717, 1.165) is 22.9 Å². The summed E-state index contributed by atoms with van der Waals surface area (Å²) in [5.74, 6) is 0.445. The average Bonchev–Trinajstić information content (AvgIpc) is 2.22. The van der Waals surface area contributed by atoms with Crippen LogP contribution in [0, 0.1) is 0 Å². The predicted octanol–water partition coefficient (Wildman–Crippen LogP) is 4.31. The number of benzene rings is 1. The van der Waals surface area contributed by atoms with E-state index in [0.29, 0.717) is 12.2 Å². The summed E-state index contributed by atoms with van der Waals surface area (Å²) in [5, 5.41) is 0. The second kappa shape index (κ2) is 6.06. The molecular formula is C13H17BrO. The van der Waals surface area contributed by atoms with Crippen LogP contribution < -0.4 is 0 Å². The Morgan fingerprint density at radius 2 is 1.87 bits per heavy atom. The van der Waals surface area contributed by atoms with E-state index < -0.39 is 0 Å². The summed E-state index contributed by atoms with van der Waals surface area (Å²) in [6.45, 7) is 4.12. The van der Waals surface area contributed by atoms with Crippen LogP contribution in [0.4, 0.5) is 0 Å². The molecule has 0 radical (unpaired) electrons. The maximum atomic E-state index is 11.8. The molecule has 0 heterocycles. The van der Waals surface area contributed by atoms with Gasteiger partial charge >= 0.3 is 0 Å². The van der Waals surface area contributed by atoms with Crippen molar-refractivity contribution in [3.63, 3.8) is 0 Å². The van der Waals surface area contributed by atoms with Gasteiger partial charge in [-0.1, -0.05) is 41.9 Å². The van der Waals surface area contributed by atoms with E-state index in [4.69, 9.17) is 0 Å². The van der Waals surface area contributed by atoms with Crippen LogP contribution in [-0.4, -0.2) is 5.78 Å². The summed E-state index contributed by atoms with van der Waals surface area (Å²) in [6.07, 6.45) is 2.51. The normalized spacial score (nSPS) is 12.5. The van der Waals surface area contributed by atoms with E-state index in [9.17, 15) is 4.79 Å². The fourth-order valence-corrected chi connectivity index (χ4v) is 2.03. The average molecular weight is 269 g/mol. The third kappa shape index (κ3) is 3.45. The largest absolute Gasteiger partial charge is 0.299 e. The fourth-order valence-electron chi connectivity index (χ4n) is 1.76. The number of rotatable bonds is 5. The van der Waals surface area contributed by atoms with Crippen LogP contribution in [0.15, 0.2) is 28.7 Å². The quantitative estimate of drug-likeness (QED) is 0.778. The zero-order chi connectivity index (χ0) is 11.3. The summed E-state index contributed by atoms with van der Waals surface area (Å²) in [5.41, 5.74) is 1.14. The lowest BCUT2D eigenvalue weighted by Crippen LogP contribution is -2.11. The number of hydrogen-bond donors (Lipinski definition) is 0. The highest BCUT2D eigenvalue weighted by atomic mass is 79.9. The molecule has 0 spiro atoms. The zero-order valence-electron chi connectivity index (χ0n) is 9.29. The van der Waals surface area contributed by atoms with Crippen molar-refractivity contribution in [2.45, 2.75) is 39.0 Å². The Morgan fingerprint density at radius 3 is 2.33 bits per heavy atom. The lowest BCUT2D eigenvalue weighted by molar-refractivity contribution is -0.120. The van der Waals surface area contributed by atoms with Gasteiger partial charge in [-0.15, -0.1) is 0 Å². The predicted molar refractivity (Wildman–Crippen MR) is 67.1 cm³/mol. The van der Waals surface area contributed by atoms with E-state index in [-0.39, 0.29) is 5.92 Å². The molecule has 1 aromatic carbocycles. The molecule has 2 heteroatoms. The molecule has 1 nitrogen and oxygen atoms in total. The van der Waals surface area contributed by atoms with Gasteiger partial charge in [0.05, 0.1) is 0 Å². The molecule has 0 amide bonds. The molecule has 1 unspecified atom stereocenters. The van der Waals surface area contributed by atoms with Gasteiger partial charge in [-0.05, 0) is 30.5 Å². The van der Waals surface area contributed by atoms with Gasteiger partial charge in [-0.2, -0.15) is 0 Å². The van der Waals surface area contributed by atoms with Gasteiger partial charge in [0.15, 0.2) is 0 Å². The Hall–Kier alpha value is -0.630. The molecule has 82 valence electrons. The minimum Gasteiger partial charge on any atom is -0.299 e. The highest BCUT2D eigenvalue weighted by Gasteiger charge is 2.17. The second-order valence-corrected chi connectivity index (χ2v) is 4.64. The van der Waals surface area contributed by atoms with Crippen molar-refractivity contribution in [1.82, 2.24) is 0 Å². The summed E-state index contributed by atoms with van der Waals surface area (Å²) in [4.78, 5) is 11.8. The Labute approximate surface area is 100 Å². The zero-order valence-corrected chi connectivity index (χ0v) is 10.9. The van der Waals surface area contributed by atoms with Gasteiger partial charge in [-0.3, -0.25) is 4.79 Å². The maximum absolute atomic E-state index is 11.8. The Bertz CT molecular complexity index is 316. The van der Waals surface area contributed by atoms with E-state index in [2.05, 4.69) is 22.9 Å². The number of Topliss-reactive ketones (excluding diaryl/α,β-unsaturated/α-hetero) is 1. The highest BCUT2D eigenvalue weighted by Crippen LogP contribution is 2.24. The minimum atomic E-state index is 0.0815. The first-order valence-corrected chi connectivity index (χ1v) is 6.26. The van der Waals surface area contributed by atoms with E-state index in [1.807, 2.05) is 31.2 Å². The van der Waals surface area contributed by atoms with Gasteiger partial charge < -0.3 is 0 Å². The lowest BCUT2D eigenvalue weighted by atomic mass is 9.90.